The van der Waals surface area contributed by atoms with Gasteiger partial charge in [0.2, 0.25) is 0 Å². The highest BCUT2D eigenvalue weighted by Crippen LogP contribution is 2.17. The van der Waals surface area contributed by atoms with Crippen molar-refractivity contribution in [3.63, 3.8) is 0 Å². The molecule has 0 unspecified atom stereocenters. The van der Waals surface area contributed by atoms with Crippen molar-refractivity contribution in [3.05, 3.63) is 59.4 Å². The van der Waals surface area contributed by atoms with E-state index in [9.17, 15) is 14.0 Å². The Kier molecular flexibility index (Phi) is 6.52. The number of nitrogens with two attached hydrogens (primary N) is 1. The highest BCUT2D eigenvalue weighted by Gasteiger charge is 2.01. The lowest BCUT2D eigenvalue weighted by Crippen LogP contribution is -2.18. The van der Waals surface area contributed by atoms with Gasteiger partial charge in [0.1, 0.15) is 12.1 Å². The summed E-state index contributed by atoms with van der Waals surface area (Å²) >= 11 is 0. The number of nitrogen functional groups attached to an aromatic ring is 1. The van der Waals surface area contributed by atoms with Gasteiger partial charge in [-0.3, -0.25) is 14.8 Å². The van der Waals surface area contributed by atoms with E-state index in [0.29, 0.717) is 28.8 Å². The lowest BCUT2D eigenvalue weighted by molar-refractivity contribution is 0.0706. The predicted molar refractivity (Wildman–Crippen MR) is 81.4 cm³/mol. The number of hydrogen-bond donors (Lipinski definition) is 4. The third kappa shape index (κ3) is 4.88. The van der Waals surface area contributed by atoms with Gasteiger partial charge in [-0.15, -0.1) is 0 Å². The van der Waals surface area contributed by atoms with Gasteiger partial charge in [-0.2, -0.15) is 0 Å². The molecular formula is C15H16FN3O3. The third-order valence-electron chi connectivity index (χ3n) is 2.70. The molecule has 0 aliphatic rings. The Bertz CT molecular complexity index is 645. The first-order valence-electron chi connectivity index (χ1n) is 6.24. The van der Waals surface area contributed by atoms with Crippen LogP contribution in [-0.2, 0) is 0 Å². The van der Waals surface area contributed by atoms with E-state index < -0.39 is 5.91 Å². The van der Waals surface area contributed by atoms with Crippen LogP contribution in [0.4, 0.5) is 15.8 Å². The van der Waals surface area contributed by atoms with Crippen LogP contribution in [0, 0.1) is 5.82 Å². The fraction of sp³-hybridized carbons (Fsp3) is 0.0667. The van der Waals surface area contributed by atoms with E-state index in [-0.39, 0.29) is 5.82 Å². The predicted octanol–water partition coefficient (Wildman–Crippen LogP) is 2.07. The summed E-state index contributed by atoms with van der Waals surface area (Å²) in [6.07, 6.45) is 0.681. The molecule has 5 N–H and O–H groups in total. The largest absolute Gasteiger partial charge is 0.397 e. The van der Waals surface area contributed by atoms with E-state index in [2.05, 4.69) is 5.32 Å². The minimum absolute atomic E-state index is 0.279. The number of aldehydes is 1. The molecule has 6 nitrogen and oxygen atoms in total. The lowest BCUT2D eigenvalue weighted by Gasteiger charge is -2.02. The van der Waals surface area contributed by atoms with Gasteiger partial charge in [0.25, 0.3) is 5.91 Å². The average molecular weight is 305 g/mol. The van der Waals surface area contributed by atoms with Crippen molar-refractivity contribution >= 4 is 23.6 Å². The molecule has 0 fully saturated rings. The molecule has 0 saturated carbocycles. The monoisotopic (exact) mass is 305 g/mol. The Labute approximate surface area is 126 Å². The van der Waals surface area contributed by atoms with Crippen LogP contribution in [-0.4, -0.2) is 24.4 Å². The first-order chi connectivity index (χ1) is 10.5. The Morgan fingerprint density at radius 1 is 1.23 bits per heavy atom. The molecule has 0 radical (unpaired) electrons. The molecule has 22 heavy (non-hydrogen) atoms. The van der Waals surface area contributed by atoms with E-state index in [4.69, 9.17) is 10.9 Å². The minimum Gasteiger partial charge on any atom is -0.397 e. The molecule has 116 valence electrons. The zero-order chi connectivity index (χ0) is 16.5. The lowest BCUT2D eigenvalue weighted by atomic mass is 10.1. The van der Waals surface area contributed by atoms with Gasteiger partial charge in [-0.25, -0.2) is 9.87 Å². The van der Waals surface area contributed by atoms with Crippen molar-refractivity contribution in [1.82, 2.24) is 5.48 Å². The Hall–Kier alpha value is -2.93. The zero-order valence-electron chi connectivity index (χ0n) is 11.8. The standard InChI is InChI=1S/C8H7NO3.C7H9FN2/c10-5-6-1-3-7(4-2-6)8(11)9-12;1-10-7-4-5(8)2-3-6(7)9/h1-5,12H,(H,9,11);2-4,10H,9H2,1H3. The number of carbonyl (C=O) groups excluding carboxylic acids is 2. The van der Waals surface area contributed by atoms with E-state index in [1.165, 1.54) is 47.9 Å². The molecule has 1 amide bonds. The molecule has 0 spiro atoms. The topological polar surface area (TPSA) is 104 Å². The molecule has 2 aromatic rings. The molecular weight excluding hydrogens is 289 g/mol. The number of amides is 1. The molecule has 0 aromatic heterocycles. The smallest absolute Gasteiger partial charge is 0.274 e. The van der Waals surface area contributed by atoms with Gasteiger partial charge in [-0.05, 0) is 30.3 Å². The van der Waals surface area contributed by atoms with Gasteiger partial charge in [-0.1, -0.05) is 12.1 Å². The summed E-state index contributed by atoms with van der Waals surface area (Å²) in [6.45, 7) is 0. The second-order valence-electron chi connectivity index (χ2n) is 4.16. The maximum absolute atomic E-state index is 12.4. The molecule has 7 heteroatoms. The van der Waals surface area contributed by atoms with Crippen molar-refractivity contribution in [2.45, 2.75) is 0 Å². The van der Waals surface area contributed by atoms with Gasteiger partial charge in [0, 0.05) is 18.2 Å². The number of nitrogens with one attached hydrogen (secondary N) is 2. The normalized spacial score (nSPS) is 9.23. The average Bonchev–Trinajstić information content (AvgIpc) is 2.57. The van der Waals surface area contributed by atoms with Crippen LogP contribution >= 0.6 is 0 Å². The molecule has 2 rings (SSSR count). The molecule has 0 bridgehead atoms. The Morgan fingerprint density at radius 3 is 2.32 bits per heavy atom. The summed E-state index contributed by atoms with van der Waals surface area (Å²) in [5, 5.41) is 11.0. The summed E-state index contributed by atoms with van der Waals surface area (Å²) < 4.78 is 12.4. The highest BCUT2D eigenvalue weighted by atomic mass is 19.1. The zero-order valence-corrected chi connectivity index (χ0v) is 11.8. The van der Waals surface area contributed by atoms with Crippen LogP contribution in [0.3, 0.4) is 0 Å². The summed E-state index contributed by atoms with van der Waals surface area (Å²) in [4.78, 5) is 21.0. The van der Waals surface area contributed by atoms with Gasteiger partial charge in [0.05, 0.1) is 11.4 Å². The summed E-state index contributed by atoms with van der Waals surface area (Å²) in [5.74, 6) is -0.869. The maximum Gasteiger partial charge on any atom is 0.274 e. The number of hydroxylamine groups is 1. The van der Waals surface area contributed by atoms with Crippen molar-refractivity contribution in [2.75, 3.05) is 18.1 Å². The first kappa shape index (κ1) is 17.1. The number of carbonyl (C=O) groups is 2. The van der Waals surface area contributed by atoms with Crippen molar-refractivity contribution in [2.24, 2.45) is 0 Å². The number of anilines is 2. The summed E-state index contributed by atoms with van der Waals surface area (Å²) in [7, 11) is 1.70. The van der Waals surface area contributed by atoms with E-state index in [0.717, 1.165) is 0 Å². The fourth-order valence-corrected chi connectivity index (χ4v) is 1.52. The second-order valence-corrected chi connectivity index (χ2v) is 4.16. The number of benzene rings is 2. The first-order valence-corrected chi connectivity index (χ1v) is 6.24. The van der Waals surface area contributed by atoms with E-state index in [1.807, 2.05) is 0 Å². The molecule has 2 aromatic carbocycles. The Morgan fingerprint density at radius 2 is 1.86 bits per heavy atom. The molecule has 0 atom stereocenters. The van der Waals surface area contributed by atoms with Crippen molar-refractivity contribution < 1.29 is 19.2 Å². The maximum atomic E-state index is 12.4. The molecule has 0 aliphatic heterocycles. The molecule has 0 heterocycles. The van der Waals surface area contributed by atoms with Crippen molar-refractivity contribution in [1.29, 1.82) is 0 Å². The third-order valence-corrected chi connectivity index (χ3v) is 2.70. The van der Waals surface area contributed by atoms with Crippen LogP contribution in [0.1, 0.15) is 20.7 Å². The van der Waals surface area contributed by atoms with Crippen molar-refractivity contribution in [3.8, 4) is 0 Å². The van der Waals surface area contributed by atoms with Crippen LogP contribution in [0.15, 0.2) is 42.5 Å². The SMILES string of the molecule is CNc1cc(F)ccc1N.O=Cc1ccc(C(=O)NO)cc1. The van der Waals surface area contributed by atoms with Crippen LogP contribution in [0.5, 0.6) is 0 Å². The number of halogens is 1. The Balaban J connectivity index is 0.000000224. The molecule has 0 aliphatic carbocycles. The van der Waals surface area contributed by atoms with Gasteiger partial charge in [0.15, 0.2) is 0 Å². The number of hydrogen-bond acceptors (Lipinski definition) is 5. The fourth-order valence-electron chi connectivity index (χ4n) is 1.52. The van der Waals surface area contributed by atoms with E-state index >= 15 is 0 Å². The summed E-state index contributed by atoms with van der Waals surface area (Å²) in [5.41, 5.74) is 8.95. The summed E-state index contributed by atoms with van der Waals surface area (Å²) in [6, 6.07) is 10.1. The highest BCUT2D eigenvalue weighted by molar-refractivity contribution is 5.93. The molecule has 0 saturated heterocycles. The van der Waals surface area contributed by atoms with E-state index in [1.54, 1.807) is 7.05 Å². The minimum atomic E-state index is -0.590. The quantitative estimate of drug-likeness (QED) is 0.301. The number of rotatable bonds is 3. The van der Waals surface area contributed by atoms with Crippen LogP contribution in [0.25, 0.3) is 0 Å². The van der Waals surface area contributed by atoms with Gasteiger partial charge < -0.3 is 11.1 Å². The van der Waals surface area contributed by atoms with Crippen LogP contribution in [0.2, 0.25) is 0 Å². The second kappa shape index (κ2) is 8.38. The van der Waals surface area contributed by atoms with Crippen LogP contribution < -0.4 is 16.5 Å². The van der Waals surface area contributed by atoms with Gasteiger partial charge >= 0.3 is 0 Å².